The van der Waals surface area contributed by atoms with Crippen LogP contribution in [0.5, 0.6) is 0 Å². The molecule has 0 rings (SSSR count). The lowest BCUT2D eigenvalue weighted by Crippen LogP contribution is -2.68. The molecule has 0 aromatic rings. The Morgan fingerprint density at radius 2 is 0.611 bits per heavy atom. The van der Waals surface area contributed by atoms with Crippen LogP contribution in [0.1, 0.15) is 186 Å². The summed E-state index contributed by atoms with van der Waals surface area (Å²) in [5, 5.41) is 10.00. The molecule has 216 valence electrons. The molecule has 0 atom stereocenters. The van der Waals surface area contributed by atoms with E-state index in [0.717, 1.165) is 31.6 Å². The maximum Gasteiger partial charge on any atom is 0.195 e. The molecule has 3 heteroatoms. The van der Waals surface area contributed by atoms with Gasteiger partial charge in [-0.2, -0.15) is 0 Å². The summed E-state index contributed by atoms with van der Waals surface area (Å²) in [7, 11) is 0. The predicted octanol–water partition coefficient (Wildman–Crippen LogP) is 11.0. The molecular formula is C33H69N3. The van der Waals surface area contributed by atoms with Crippen molar-refractivity contribution in [1.29, 1.82) is 5.41 Å². The summed E-state index contributed by atoms with van der Waals surface area (Å²) in [6.07, 6.45) is 19.6. The van der Waals surface area contributed by atoms with Crippen molar-refractivity contribution in [1.82, 2.24) is 9.80 Å². The lowest BCUT2D eigenvalue weighted by molar-refractivity contribution is 0.00963. The summed E-state index contributed by atoms with van der Waals surface area (Å²) in [6.45, 7) is 28.4. The van der Waals surface area contributed by atoms with Crippen LogP contribution >= 0.6 is 0 Å². The molecule has 0 radical (unpaired) electrons. The van der Waals surface area contributed by atoms with Crippen molar-refractivity contribution in [2.24, 2.45) is 0 Å². The van der Waals surface area contributed by atoms with E-state index < -0.39 is 0 Å². The minimum Gasteiger partial charge on any atom is -0.333 e. The van der Waals surface area contributed by atoms with Gasteiger partial charge in [0.05, 0.1) is 0 Å². The topological polar surface area (TPSA) is 30.3 Å². The van der Waals surface area contributed by atoms with Crippen molar-refractivity contribution in [3.63, 3.8) is 0 Å². The highest BCUT2D eigenvalue weighted by molar-refractivity contribution is 5.80. The summed E-state index contributed by atoms with van der Waals surface area (Å²) < 4.78 is 0. The van der Waals surface area contributed by atoms with Gasteiger partial charge in [-0.1, -0.05) is 105 Å². The molecule has 0 aliphatic rings. The number of hydrogen-bond donors (Lipinski definition) is 1. The van der Waals surface area contributed by atoms with E-state index in [0.29, 0.717) is 0 Å². The van der Waals surface area contributed by atoms with Gasteiger partial charge in [-0.3, -0.25) is 5.41 Å². The fraction of sp³-hybridized carbons (Fsp3) is 0.970. The van der Waals surface area contributed by atoms with E-state index in [1.54, 1.807) is 0 Å². The summed E-state index contributed by atoms with van der Waals surface area (Å²) in [6, 6.07) is 0. The van der Waals surface area contributed by atoms with E-state index in [4.69, 9.17) is 0 Å². The summed E-state index contributed by atoms with van der Waals surface area (Å²) in [5.41, 5.74) is -0.225. The van der Waals surface area contributed by atoms with Gasteiger partial charge in [0.2, 0.25) is 0 Å². The summed E-state index contributed by atoms with van der Waals surface area (Å²) >= 11 is 0. The molecule has 0 heterocycles. The Bertz CT molecular complexity index is 494. The lowest BCUT2D eigenvalue weighted by Gasteiger charge is -2.59. The van der Waals surface area contributed by atoms with E-state index in [9.17, 15) is 5.41 Å². The molecule has 0 aromatic carbocycles. The van der Waals surface area contributed by atoms with Gasteiger partial charge >= 0.3 is 0 Å². The number of guanidine groups is 1. The third-order valence-electron chi connectivity index (χ3n) is 8.41. The third-order valence-corrected chi connectivity index (χ3v) is 8.41. The van der Waals surface area contributed by atoms with Gasteiger partial charge in [0.1, 0.15) is 0 Å². The van der Waals surface area contributed by atoms with Crippen LogP contribution in [0.15, 0.2) is 0 Å². The average molecular weight is 508 g/mol. The molecule has 0 aromatic heterocycles. The average Bonchev–Trinajstić information content (AvgIpc) is 2.73. The number of nitrogens with zero attached hydrogens (tertiary/aromatic N) is 2. The smallest absolute Gasteiger partial charge is 0.195 e. The molecule has 0 fully saturated rings. The normalized spacial score (nSPS) is 13.2. The Labute approximate surface area is 229 Å². The van der Waals surface area contributed by atoms with Crippen molar-refractivity contribution in [2.75, 3.05) is 0 Å². The first-order chi connectivity index (χ1) is 16.6. The maximum atomic E-state index is 10.00. The van der Waals surface area contributed by atoms with E-state index in [-0.39, 0.29) is 22.2 Å². The number of nitrogens with one attached hydrogen (secondary N) is 1. The van der Waals surface area contributed by atoms with E-state index >= 15 is 0 Å². The van der Waals surface area contributed by atoms with Crippen LogP contribution in [0, 0.1) is 5.41 Å². The largest absolute Gasteiger partial charge is 0.333 e. The molecule has 0 aliphatic heterocycles. The first-order valence-electron chi connectivity index (χ1n) is 15.8. The van der Waals surface area contributed by atoms with Gasteiger partial charge in [0, 0.05) is 22.2 Å². The second-order valence-electron chi connectivity index (χ2n) is 14.1. The Kier molecular flexibility index (Phi) is 16.0. The van der Waals surface area contributed by atoms with Crippen molar-refractivity contribution in [2.45, 2.75) is 208 Å². The molecule has 0 unspecified atom stereocenters. The van der Waals surface area contributed by atoms with Gasteiger partial charge in [-0.25, -0.2) is 0 Å². The standard InChI is InChI=1S/C33H69N3/c1-13-17-21-25-30(5,6)35(31(7,8)26-22-18-14-2)29(34)36(32(9,10)27-23-19-15-3)33(11,12)28-24-20-16-4/h34H,13-28H2,1-12H3. The van der Waals surface area contributed by atoms with E-state index in [2.05, 4.69) is 92.9 Å². The van der Waals surface area contributed by atoms with Crippen molar-refractivity contribution in [3.05, 3.63) is 0 Å². The molecule has 36 heavy (non-hydrogen) atoms. The van der Waals surface area contributed by atoms with Crippen LogP contribution in [-0.2, 0) is 0 Å². The third kappa shape index (κ3) is 11.3. The van der Waals surface area contributed by atoms with E-state index in [1.165, 1.54) is 77.0 Å². The van der Waals surface area contributed by atoms with Gasteiger partial charge in [-0.05, 0) is 81.1 Å². The molecular weight excluding hydrogens is 438 g/mol. The quantitative estimate of drug-likeness (QED) is 0.101. The van der Waals surface area contributed by atoms with Crippen molar-refractivity contribution in [3.8, 4) is 0 Å². The first-order valence-corrected chi connectivity index (χ1v) is 15.8. The van der Waals surface area contributed by atoms with Gasteiger partial charge < -0.3 is 9.80 Å². The van der Waals surface area contributed by atoms with Crippen molar-refractivity contribution >= 4 is 5.96 Å². The molecule has 0 aliphatic carbocycles. The van der Waals surface area contributed by atoms with Crippen LogP contribution in [0.4, 0.5) is 0 Å². The van der Waals surface area contributed by atoms with E-state index in [1.807, 2.05) is 0 Å². The van der Waals surface area contributed by atoms with Gasteiger partial charge in [0.15, 0.2) is 5.96 Å². The van der Waals surface area contributed by atoms with Crippen LogP contribution < -0.4 is 0 Å². The molecule has 3 nitrogen and oxygen atoms in total. The second kappa shape index (κ2) is 16.3. The Hall–Kier alpha value is -0.730. The maximum absolute atomic E-state index is 10.00. The van der Waals surface area contributed by atoms with Crippen LogP contribution in [0.25, 0.3) is 0 Å². The van der Waals surface area contributed by atoms with Crippen LogP contribution in [0.3, 0.4) is 0 Å². The van der Waals surface area contributed by atoms with Crippen LogP contribution in [-0.4, -0.2) is 37.9 Å². The molecule has 0 amide bonds. The fourth-order valence-corrected chi connectivity index (χ4v) is 6.56. The molecule has 1 N–H and O–H groups in total. The number of unbranched alkanes of at least 4 members (excludes halogenated alkanes) is 8. The highest BCUT2D eigenvalue weighted by Gasteiger charge is 2.47. The summed E-state index contributed by atoms with van der Waals surface area (Å²) in [5.74, 6) is 0.765. The van der Waals surface area contributed by atoms with Crippen LogP contribution in [0.2, 0.25) is 0 Å². The summed E-state index contributed by atoms with van der Waals surface area (Å²) in [4.78, 5) is 5.13. The predicted molar refractivity (Wildman–Crippen MR) is 164 cm³/mol. The Balaban J connectivity index is 6.54. The Morgan fingerprint density at radius 1 is 0.417 bits per heavy atom. The van der Waals surface area contributed by atoms with Crippen molar-refractivity contribution < 1.29 is 0 Å². The SMILES string of the molecule is CCCCCC(C)(C)N(C(=N)N(C(C)(C)CCCCC)C(C)(C)CCCCC)C(C)(C)CCCCC. The van der Waals surface area contributed by atoms with Gasteiger partial charge in [-0.15, -0.1) is 0 Å². The fourth-order valence-electron chi connectivity index (χ4n) is 6.56. The zero-order chi connectivity index (χ0) is 28.0. The Morgan fingerprint density at radius 3 is 0.778 bits per heavy atom. The molecule has 0 saturated carbocycles. The number of rotatable bonds is 20. The highest BCUT2D eigenvalue weighted by atomic mass is 15.5. The monoisotopic (exact) mass is 508 g/mol. The molecule has 0 bridgehead atoms. The zero-order valence-electron chi connectivity index (χ0n) is 27.2. The second-order valence-corrected chi connectivity index (χ2v) is 14.1. The molecule has 0 spiro atoms. The zero-order valence-corrected chi connectivity index (χ0v) is 27.2. The van der Waals surface area contributed by atoms with Gasteiger partial charge in [0.25, 0.3) is 0 Å². The minimum atomic E-state index is -0.0563. The lowest BCUT2D eigenvalue weighted by atomic mass is 9.83. The first kappa shape index (κ1) is 35.3. The number of hydrogen-bond acceptors (Lipinski definition) is 1. The minimum absolute atomic E-state index is 0.0563. The highest BCUT2D eigenvalue weighted by Crippen LogP contribution is 2.40. The molecule has 0 saturated heterocycles.